The first kappa shape index (κ1) is 15.4. The smallest absolute Gasteiger partial charge is 0.294 e. The van der Waals surface area contributed by atoms with Gasteiger partial charge in [0, 0.05) is 29.6 Å². The molecule has 0 heterocycles. The molecule has 0 amide bonds. The number of rotatable bonds is 1. The molecule has 4 nitrogen and oxygen atoms in total. The van der Waals surface area contributed by atoms with Gasteiger partial charge in [-0.3, -0.25) is 4.55 Å². The quantitative estimate of drug-likeness (QED) is 0.387. The van der Waals surface area contributed by atoms with E-state index in [0.717, 1.165) is 0 Å². The topological polar surface area (TPSA) is 74.6 Å². The van der Waals surface area contributed by atoms with Crippen molar-refractivity contribution in [3.05, 3.63) is 19.3 Å². The fourth-order valence-electron chi connectivity index (χ4n) is 0.691. The Morgan fingerprint density at radius 3 is 1.79 bits per heavy atom. The van der Waals surface area contributed by atoms with Crippen molar-refractivity contribution in [1.82, 2.24) is 0 Å². The van der Waals surface area contributed by atoms with Crippen molar-refractivity contribution in [2.45, 2.75) is 4.90 Å². The maximum Gasteiger partial charge on any atom is 0.294 e. The molecule has 1 radical (unpaired) electrons. The summed E-state index contributed by atoms with van der Waals surface area (Å²) in [5.74, 6) is 0.0219. The zero-order valence-electron chi connectivity index (χ0n) is 7.03. The molecule has 73 valence electrons. The maximum absolute atomic E-state index is 10.7. The number of halogens is 2. The average Bonchev–Trinajstić information content (AvgIpc) is 1.97. The van der Waals surface area contributed by atoms with Crippen LogP contribution >= 0.6 is 45.2 Å². The Balaban J connectivity index is 0.00000169. The minimum Gasteiger partial charge on any atom is -0.506 e. The first-order chi connectivity index (χ1) is 5.82. The van der Waals surface area contributed by atoms with Crippen LogP contribution in [0.5, 0.6) is 5.75 Å². The third-order valence-electron chi connectivity index (χ3n) is 1.29. The molecule has 0 aromatic heterocycles. The first-order valence-electron chi connectivity index (χ1n) is 2.98. The summed E-state index contributed by atoms with van der Waals surface area (Å²) in [7, 11) is -4.19. The van der Waals surface area contributed by atoms with Gasteiger partial charge in [-0.05, 0) is 57.3 Å². The molecule has 0 saturated heterocycles. The van der Waals surface area contributed by atoms with Crippen LogP contribution in [-0.4, -0.2) is 47.6 Å². The van der Waals surface area contributed by atoms with Crippen molar-refractivity contribution >= 4 is 84.9 Å². The van der Waals surface area contributed by atoms with Crippen LogP contribution < -0.4 is 0 Å². The van der Waals surface area contributed by atoms with Crippen LogP contribution in [0.4, 0.5) is 0 Å². The summed E-state index contributed by atoms with van der Waals surface area (Å²) in [6, 6.07) is 2.40. The van der Waals surface area contributed by atoms with E-state index in [1.165, 1.54) is 12.1 Å². The van der Waals surface area contributed by atoms with Gasteiger partial charge in [0.25, 0.3) is 10.1 Å². The van der Waals surface area contributed by atoms with E-state index in [-0.39, 0.29) is 40.2 Å². The second kappa shape index (κ2) is 5.64. The van der Waals surface area contributed by atoms with E-state index in [1.54, 1.807) is 45.2 Å². The zero-order valence-corrected chi connectivity index (χ0v) is 14.2. The van der Waals surface area contributed by atoms with Gasteiger partial charge in [0.05, 0.1) is 12.0 Å². The van der Waals surface area contributed by atoms with Gasteiger partial charge in [-0.25, -0.2) is 0 Å². The molecule has 0 aliphatic carbocycles. The molecule has 14 heavy (non-hydrogen) atoms. The molecule has 1 aromatic carbocycles. The molecule has 0 atom stereocenters. The van der Waals surface area contributed by atoms with E-state index in [0.29, 0.717) is 7.14 Å². The van der Waals surface area contributed by atoms with E-state index >= 15 is 0 Å². The van der Waals surface area contributed by atoms with Crippen molar-refractivity contribution < 1.29 is 18.1 Å². The third kappa shape index (κ3) is 3.76. The van der Waals surface area contributed by atoms with Gasteiger partial charge < -0.3 is 5.11 Å². The molecule has 0 saturated carbocycles. The van der Waals surface area contributed by atoms with Crippen LogP contribution in [-0.2, 0) is 10.1 Å². The van der Waals surface area contributed by atoms with Crippen LogP contribution in [0.3, 0.4) is 0 Å². The summed E-state index contributed by atoms with van der Waals surface area (Å²) in [5, 5.41) is 9.31. The summed E-state index contributed by atoms with van der Waals surface area (Å²) in [6.07, 6.45) is 0. The number of aromatic hydroxyl groups is 1. The van der Waals surface area contributed by atoms with Crippen LogP contribution in [0.1, 0.15) is 0 Å². The van der Waals surface area contributed by atoms with Gasteiger partial charge in [0.2, 0.25) is 0 Å². The van der Waals surface area contributed by atoms with Gasteiger partial charge in [-0.15, -0.1) is 0 Å². The summed E-state index contributed by atoms with van der Waals surface area (Å²) in [4.78, 5) is -0.209. The Bertz CT molecular complexity index is 422. The van der Waals surface area contributed by atoms with Crippen LogP contribution in [0.2, 0.25) is 0 Å². The predicted octanol–water partition coefficient (Wildman–Crippen LogP) is 1.47. The van der Waals surface area contributed by atoms with Gasteiger partial charge in [0.15, 0.2) is 0 Å². The van der Waals surface area contributed by atoms with Crippen molar-refractivity contribution in [2.24, 2.45) is 0 Å². The van der Waals surface area contributed by atoms with Crippen molar-refractivity contribution in [3.63, 3.8) is 0 Å². The third-order valence-corrected chi connectivity index (χ3v) is 3.76. The van der Waals surface area contributed by atoms with E-state index in [1.807, 2.05) is 0 Å². The molecule has 1 aromatic rings. The molecule has 0 aliphatic rings. The fourth-order valence-corrected chi connectivity index (χ4v) is 3.42. The van der Waals surface area contributed by atoms with E-state index in [4.69, 9.17) is 4.55 Å². The second-order valence-electron chi connectivity index (χ2n) is 2.21. The molecule has 2 N–H and O–H groups in total. The number of phenols is 1. The SMILES string of the molecule is O=S(=O)(O)c1cc(I)c(O)c(I)c1.[Na]. The predicted molar refractivity (Wildman–Crippen MR) is 69.1 cm³/mol. The number of phenolic OH excluding ortho intramolecular Hbond substituents is 1. The second-order valence-corrected chi connectivity index (χ2v) is 5.96. The standard InChI is InChI=1S/C6H4I2O4S.Na/c7-4-1-3(13(10,11)12)2-5(8)6(4)9;/h1-2,9H,(H,10,11,12);. The van der Waals surface area contributed by atoms with E-state index < -0.39 is 10.1 Å². The molecular weight excluding hydrogens is 445 g/mol. The van der Waals surface area contributed by atoms with Gasteiger partial charge in [-0.2, -0.15) is 8.42 Å². The minimum absolute atomic E-state index is 0. The molecule has 0 unspecified atom stereocenters. The van der Waals surface area contributed by atoms with Crippen molar-refractivity contribution in [2.75, 3.05) is 0 Å². The number of hydrogen-bond acceptors (Lipinski definition) is 3. The summed E-state index contributed by atoms with van der Waals surface area (Å²) < 4.78 is 30.9. The minimum atomic E-state index is -4.19. The van der Waals surface area contributed by atoms with E-state index in [2.05, 4.69) is 0 Å². The molecule has 8 heteroatoms. The Morgan fingerprint density at radius 1 is 1.14 bits per heavy atom. The molecule has 0 fully saturated rings. The zero-order chi connectivity index (χ0) is 10.2. The van der Waals surface area contributed by atoms with Crippen molar-refractivity contribution in [3.8, 4) is 5.75 Å². The van der Waals surface area contributed by atoms with Gasteiger partial charge in [-0.1, -0.05) is 0 Å². The Morgan fingerprint density at radius 2 is 1.50 bits per heavy atom. The Kier molecular flexibility index (Phi) is 6.20. The monoisotopic (exact) mass is 449 g/mol. The first-order valence-corrected chi connectivity index (χ1v) is 6.57. The Labute approximate surface area is 131 Å². The molecule has 1 rings (SSSR count). The fraction of sp³-hybridized carbons (Fsp3) is 0. The Hall–Kier alpha value is 1.39. The largest absolute Gasteiger partial charge is 0.506 e. The normalized spacial score (nSPS) is 10.8. The number of benzene rings is 1. The molecule has 0 aliphatic heterocycles. The summed E-state index contributed by atoms with van der Waals surface area (Å²) >= 11 is 3.57. The molecule has 0 bridgehead atoms. The van der Waals surface area contributed by atoms with Crippen LogP contribution in [0.15, 0.2) is 17.0 Å². The molecular formula is C6H4I2NaO4S. The summed E-state index contributed by atoms with van der Waals surface area (Å²) in [6.45, 7) is 0. The van der Waals surface area contributed by atoms with Crippen molar-refractivity contribution in [1.29, 1.82) is 0 Å². The van der Waals surface area contributed by atoms with Gasteiger partial charge in [0.1, 0.15) is 5.75 Å². The maximum atomic E-state index is 10.7. The van der Waals surface area contributed by atoms with E-state index in [9.17, 15) is 13.5 Å². The average molecular weight is 449 g/mol. The van der Waals surface area contributed by atoms with Crippen LogP contribution in [0, 0.1) is 7.14 Å². The van der Waals surface area contributed by atoms with Gasteiger partial charge >= 0.3 is 0 Å². The van der Waals surface area contributed by atoms with Crippen LogP contribution in [0.25, 0.3) is 0 Å². The number of hydrogen-bond donors (Lipinski definition) is 2. The molecule has 0 spiro atoms. The summed E-state index contributed by atoms with van der Waals surface area (Å²) in [5.41, 5.74) is 0.